The van der Waals surface area contributed by atoms with Crippen molar-refractivity contribution in [2.75, 3.05) is 20.6 Å². The highest BCUT2D eigenvalue weighted by Crippen LogP contribution is 2.40. The topological polar surface area (TPSA) is 41.4 Å². The molecule has 2 heterocycles. The van der Waals surface area contributed by atoms with E-state index in [0.717, 1.165) is 38.0 Å². The zero-order valence-corrected chi connectivity index (χ0v) is 18.1. The summed E-state index contributed by atoms with van der Waals surface area (Å²) in [5.74, 6) is 1.55. The van der Waals surface area contributed by atoms with Gasteiger partial charge in [0.15, 0.2) is 0 Å². The first-order valence-electron chi connectivity index (χ1n) is 11.1. The molecule has 2 fully saturated rings. The number of unbranched alkanes of at least 4 members (excludes halogenated alkanes) is 1. The lowest BCUT2D eigenvalue weighted by Gasteiger charge is -2.31. The molecule has 4 rings (SSSR count). The van der Waals surface area contributed by atoms with Crippen molar-refractivity contribution < 1.29 is 4.79 Å². The number of hydrogen-bond donors (Lipinski definition) is 0. The van der Waals surface area contributed by atoms with Crippen molar-refractivity contribution in [3.8, 4) is 5.69 Å². The second-order valence-electron chi connectivity index (χ2n) is 9.10. The number of fused-ring (bicyclic) bond motifs is 1. The van der Waals surface area contributed by atoms with Crippen molar-refractivity contribution in [3.63, 3.8) is 0 Å². The SMILES string of the molecule is CCCCc1ccc(-n2cc(CN(C)[C@@H]3C[C@@H]4CC(=O)N(C)C[C@@H]4C3)cn2)cc1. The van der Waals surface area contributed by atoms with Crippen molar-refractivity contribution >= 4 is 5.91 Å². The summed E-state index contributed by atoms with van der Waals surface area (Å²) in [6.45, 7) is 4.07. The van der Waals surface area contributed by atoms with Crippen molar-refractivity contribution in [3.05, 3.63) is 47.8 Å². The number of likely N-dealkylation sites (tertiary alicyclic amines) is 1. The van der Waals surface area contributed by atoms with Crippen molar-refractivity contribution in [1.29, 1.82) is 0 Å². The van der Waals surface area contributed by atoms with Crippen LogP contribution in [0.3, 0.4) is 0 Å². The Morgan fingerprint density at radius 3 is 2.66 bits per heavy atom. The van der Waals surface area contributed by atoms with E-state index in [4.69, 9.17) is 0 Å². The van der Waals surface area contributed by atoms with E-state index in [1.54, 1.807) is 0 Å². The molecule has 1 saturated heterocycles. The first-order chi connectivity index (χ1) is 14.0. The van der Waals surface area contributed by atoms with Gasteiger partial charge < -0.3 is 4.90 Å². The number of amides is 1. The van der Waals surface area contributed by atoms with Gasteiger partial charge >= 0.3 is 0 Å². The molecule has 5 nitrogen and oxygen atoms in total. The van der Waals surface area contributed by atoms with E-state index < -0.39 is 0 Å². The summed E-state index contributed by atoms with van der Waals surface area (Å²) in [6.07, 6.45) is 10.8. The smallest absolute Gasteiger partial charge is 0.222 e. The van der Waals surface area contributed by atoms with Gasteiger partial charge in [0, 0.05) is 44.4 Å². The minimum absolute atomic E-state index is 0.316. The molecule has 1 aliphatic carbocycles. The molecule has 1 amide bonds. The molecule has 0 radical (unpaired) electrons. The zero-order chi connectivity index (χ0) is 20.4. The standard InChI is InChI=1S/C24H34N4O/c1-4-5-6-18-7-9-22(10-8-18)28-16-19(14-25-28)15-26(2)23-11-20-13-24(29)27(3)17-21(20)12-23/h7-10,14,16,20-21,23H,4-6,11-13,15,17H2,1-3H3/t20-,21+,23-/m1/s1. The minimum atomic E-state index is 0.316. The molecule has 0 spiro atoms. The van der Waals surface area contributed by atoms with Gasteiger partial charge in [-0.2, -0.15) is 5.10 Å². The highest BCUT2D eigenvalue weighted by atomic mass is 16.2. The van der Waals surface area contributed by atoms with E-state index in [0.29, 0.717) is 23.8 Å². The third-order valence-electron chi connectivity index (χ3n) is 6.90. The van der Waals surface area contributed by atoms with Gasteiger partial charge in [0.2, 0.25) is 5.91 Å². The molecule has 2 aromatic rings. The number of benzene rings is 1. The molecule has 0 N–H and O–H groups in total. The second kappa shape index (κ2) is 8.70. The maximum Gasteiger partial charge on any atom is 0.222 e. The molecular weight excluding hydrogens is 360 g/mol. The molecule has 1 aromatic heterocycles. The highest BCUT2D eigenvalue weighted by Gasteiger charge is 2.41. The van der Waals surface area contributed by atoms with Crippen molar-refractivity contribution in [1.82, 2.24) is 19.6 Å². The van der Waals surface area contributed by atoms with Gasteiger partial charge in [-0.25, -0.2) is 4.68 Å². The zero-order valence-electron chi connectivity index (χ0n) is 18.1. The van der Waals surface area contributed by atoms with Crippen LogP contribution < -0.4 is 0 Å². The summed E-state index contributed by atoms with van der Waals surface area (Å²) in [5, 5.41) is 4.59. The Kier molecular flexibility index (Phi) is 6.04. The highest BCUT2D eigenvalue weighted by molar-refractivity contribution is 5.77. The van der Waals surface area contributed by atoms with E-state index in [1.807, 2.05) is 22.8 Å². The fourth-order valence-corrected chi connectivity index (χ4v) is 5.04. The lowest BCUT2D eigenvalue weighted by molar-refractivity contribution is -0.134. The molecule has 0 bridgehead atoms. The molecule has 2 aliphatic rings. The number of carbonyl (C=O) groups is 1. The van der Waals surface area contributed by atoms with Crippen LogP contribution in [-0.2, 0) is 17.8 Å². The van der Waals surface area contributed by atoms with Crippen LogP contribution >= 0.6 is 0 Å². The fourth-order valence-electron chi connectivity index (χ4n) is 5.04. The van der Waals surface area contributed by atoms with Gasteiger partial charge in [-0.15, -0.1) is 0 Å². The Hall–Kier alpha value is -2.14. The van der Waals surface area contributed by atoms with Crippen LogP contribution in [0.1, 0.15) is 50.2 Å². The van der Waals surface area contributed by atoms with E-state index >= 15 is 0 Å². The van der Waals surface area contributed by atoms with Crippen molar-refractivity contribution in [2.24, 2.45) is 11.8 Å². The van der Waals surface area contributed by atoms with Crippen LogP contribution in [-0.4, -0.2) is 52.2 Å². The number of carbonyl (C=O) groups excluding carboxylic acids is 1. The second-order valence-corrected chi connectivity index (χ2v) is 9.10. The average Bonchev–Trinajstić information content (AvgIpc) is 3.34. The van der Waals surface area contributed by atoms with E-state index in [2.05, 4.69) is 54.4 Å². The van der Waals surface area contributed by atoms with Crippen LogP contribution in [0.25, 0.3) is 5.69 Å². The summed E-state index contributed by atoms with van der Waals surface area (Å²) in [7, 11) is 4.16. The van der Waals surface area contributed by atoms with E-state index in [-0.39, 0.29) is 0 Å². The fraction of sp³-hybridized carbons (Fsp3) is 0.583. The number of aromatic nitrogens is 2. The normalized spacial score (nSPS) is 24.3. The summed E-state index contributed by atoms with van der Waals surface area (Å²) in [4.78, 5) is 16.4. The molecule has 1 aliphatic heterocycles. The quantitative estimate of drug-likeness (QED) is 0.715. The van der Waals surface area contributed by atoms with E-state index in [1.165, 1.54) is 30.4 Å². The minimum Gasteiger partial charge on any atom is -0.345 e. The first-order valence-corrected chi connectivity index (χ1v) is 11.1. The molecule has 0 unspecified atom stereocenters. The summed E-state index contributed by atoms with van der Waals surface area (Å²) in [5.41, 5.74) is 3.76. The molecular formula is C24H34N4O. The summed E-state index contributed by atoms with van der Waals surface area (Å²) in [6, 6.07) is 9.33. The summed E-state index contributed by atoms with van der Waals surface area (Å²) >= 11 is 0. The summed E-state index contributed by atoms with van der Waals surface area (Å²) < 4.78 is 1.98. The van der Waals surface area contributed by atoms with Crippen LogP contribution in [0.4, 0.5) is 0 Å². The van der Waals surface area contributed by atoms with Gasteiger partial charge in [0.05, 0.1) is 11.9 Å². The first kappa shape index (κ1) is 20.1. The Balaban J connectivity index is 1.35. The molecule has 1 saturated carbocycles. The predicted octanol–water partition coefficient (Wildman–Crippen LogP) is 3.90. The number of nitrogens with zero attached hydrogens (tertiary/aromatic N) is 4. The largest absolute Gasteiger partial charge is 0.345 e. The monoisotopic (exact) mass is 394 g/mol. The maximum atomic E-state index is 12.0. The van der Waals surface area contributed by atoms with Gasteiger partial charge in [0.1, 0.15) is 0 Å². The molecule has 1 aromatic carbocycles. The third-order valence-corrected chi connectivity index (χ3v) is 6.90. The Bertz CT molecular complexity index is 828. The van der Waals surface area contributed by atoms with Crippen LogP contribution in [0.15, 0.2) is 36.7 Å². The number of rotatable bonds is 7. The molecule has 29 heavy (non-hydrogen) atoms. The number of hydrogen-bond acceptors (Lipinski definition) is 3. The number of aryl methyl sites for hydroxylation is 1. The van der Waals surface area contributed by atoms with Gasteiger partial charge in [-0.1, -0.05) is 25.5 Å². The van der Waals surface area contributed by atoms with Crippen LogP contribution in [0.5, 0.6) is 0 Å². The van der Waals surface area contributed by atoms with Gasteiger partial charge in [-0.05, 0) is 62.3 Å². The van der Waals surface area contributed by atoms with Crippen molar-refractivity contribution in [2.45, 2.75) is 58.0 Å². The van der Waals surface area contributed by atoms with Gasteiger partial charge in [-0.3, -0.25) is 9.69 Å². The lowest BCUT2D eigenvalue weighted by atomic mass is 9.88. The van der Waals surface area contributed by atoms with Gasteiger partial charge in [0.25, 0.3) is 0 Å². The Morgan fingerprint density at radius 2 is 1.90 bits per heavy atom. The van der Waals surface area contributed by atoms with E-state index in [9.17, 15) is 4.79 Å². The van der Waals surface area contributed by atoms with Crippen LogP contribution in [0, 0.1) is 11.8 Å². The Morgan fingerprint density at radius 1 is 1.14 bits per heavy atom. The average molecular weight is 395 g/mol. The maximum absolute atomic E-state index is 12.0. The lowest BCUT2D eigenvalue weighted by Crippen LogP contribution is -2.39. The van der Waals surface area contributed by atoms with Crippen LogP contribution in [0.2, 0.25) is 0 Å². The molecule has 3 atom stereocenters. The third kappa shape index (κ3) is 4.55. The molecule has 156 valence electrons. The number of piperidine rings is 1. The molecule has 5 heteroatoms. The Labute approximate surface area is 174 Å². The predicted molar refractivity (Wildman–Crippen MR) is 116 cm³/mol.